The molecular formula is C9H19NO2. The predicted molar refractivity (Wildman–Crippen MR) is 48.9 cm³/mol. The Morgan fingerprint density at radius 3 is 2.42 bits per heavy atom. The lowest BCUT2D eigenvalue weighted by Crippen LogP contribution is -2.26. The Labute approximate surface area is 74.0 Å². The number of hydrogen-bond donors (Lipinski definition) is 2. The van der Waals surface area contributed by atoms with Crippen molar-refractivity contribution in [2.24, 2.45) is 17.1 Å². The lowest BCUT2D eigenvalue weighted by molar-refractivity contribution is -0.138. The van der Waals surface area contributed by atoms with E-state index in [4.69, 9.17) is 10.8 Å². The molecule has 1 atom stereocenters. The standard InChI is InChI=1S/C9H19NO2/c1-7(4-8(11)12)5-9(2,3)6-10/h7H,4-6,10H2,1-3H3,(H,11,12). The summed E-state index contributed by atoms with van der Waals surface area (Å²) in [5, 5.41) is 8.52. The highest BCUT2D eigenvalue weighted by Crippen LogP contribution is 2.25. The first-order chi connectivity index (χ1) is 5.37. The van der Waals surface area contributed by atoms with Gasteiger partial charge < -0.3 is 10.8 Å². The first-order valence-electron chi connectivity index (χ1n) is 4.29. The van der Waals surface area contributed by atoms with E-state index in [0.717, 1.165) is 6.42 Å². The van der Waals surface area contributed by atoms with E-state index in [1.54, 1.807) is 0 Å². The molecule has 72 valence electrons. The third-order valence-corrected chi connectivity index (χ3v) is 1.98. The lowest BCUT2D eigenvalue weighted by atomic mass is 9.82. The third kappa shape index (κ3) is 5.13. The van der Waals surface area contributed by atoms with Gasteiger partial charge >= 0.3 is 5.97 Å². The van der Waals surface area contributed by atoms with E-state index >= 15 is 0 Å². The van der Waals surface area contributed by atoms with E-state index in [1.807, 2.05) is 6.92 Å². The first-order valence-corrected chi connectivity index (χ1v) is 4.29. The summed E-state index contributed by atoms with van der Waals surface area (Å²) >= 11 is 0. The van der Waals surface area contributed by atoms with Gasteiger partial charge in [0.05, 0.1) is 0 Å². The lowest BCUT2D eigenvalue weighted by Gasteiger charge is -2.25. The van der Waals surface area contributed by atoms with Crippen molar-refractivity contribution in [2.45, 2.75) is 33.6 Å². The SMILES string of the molecule is CC(CC(=O)O)CC(C)(C)CN. The number of hydrogen-bond acceptors (Lipinski definition) is 2. The summed E-state index contributed by atoms with van der Waals surface area (Å²) in [4.78, 5) is 10.4. The fourth-order valence-corrected chi connectivity index (χ4v) is 1.40. The third-order valence-electron chi connectivity index (χ3n) is 1.98. The van der Waals surface area contributed by atoms with Gasteiger partial charge in [-0.2, -0.15) is 0 Å². The fraction of sp³-hybridized carbons (Fsp3) is 0.889. The van der Waals surface area contributed by atoms with Crippen LogP contribution in [-0.2, 0) is 4.79 Å². The molecule has 0 amide bonds. The van der Waals surface area contributed by atoms with Crippen molar-refractivity contribution in [2.75, 3.05) is 6.54 Å². The summed E-state index contributed by atoms with van der Waals surface area (Å²) in [6, 6.07) is 0. The minimum atomic E-state index is -0.727. The molecule has 0 bridgehead atoms. The van der Waals surface area contributed by atoms with Gasteiger partial charge in [-0.1, -0.05) is 20.8 Å². The maximum absolute atomic E-state index is 10.4. The van der Waals surface area contributed by atoms with Crippen LogP contribution in [-0.4, -0.2) is 17.6 Å². The van der Waals surface area contributed by atoms with Crippen LogP contribution in [0.4, 0.5) is 0 Å². The summed E-state index contributed by atoms with van der Waals surface area (Å²) in [5.74, 6) is -0.517. The van der Waals surface area contributed by atoms with Crippen molar-refractivity contribution in [1.82, 2.24) is 0 Å². The second-order valence-corrected chi connectivity index (χ2v) is 4.28. The summed E-state index contributed by atoms with van der Waals surface area (Å²) < 4.78 is 0. The monoisotopic (exact) mass is 173 g/mol. The Bertz CT molecular complexity index is 155. The molecule has 12 heavy (non-hydrogen) atoms. The Kier molecular flexibility index (Phi) is 4.24. The summed E-state index contributed by atoms with van der Waals surface area (Å²) in [7, 11) is 0. The number of carboxylic acids is 1. The molecule has 0 spiro atoms. The average molecular weight is 173 g/mol. The Hall–Kier alpha value is -0.570. The Morgan fingerprint density at radius 2 is 2.08 bits per heavy atom. The first kappa shape index (κ1) is 11.4. The van der Waals surface area contributed by atoms with Crippen LogP contribution >= 0.6 is 0 Å². The van der Waals surface area contributed by atoms with E-state index in [1.165, 1.54) is 0 Å². The highest BCUT2D eigenvalue weighted by Gasteiger charge is 2.20. The van der Waals surface area contributed by atoms with Gasteiger partial charge in [0, 0.05) is 6.42 Å². The molecule has 0 aromatic heterocycles. The number of nitrogens with two attached hydrogens (primary N) is 1. The zero-order chi connectivity index (χ0) is 9.78. The van der Waals surface area contributed by atoms with E-state index in [0.29, 0.717) is 6.54 Å². The number of carbonyl (C=O) groups is 1. The smallest absolute Gasteiger partial charge is 0.303 e. The quantitative estimate of drug-likeness (QED) is 0.661. The molecule has 1 unspecified atom stereocenters. The van der Waals surface area contributed by atoms with Gasteiger partial charge in [-0.3, -0.25) is 4.79 Å². The van der Waals surface area contributed by atoms with Crippen LogP contribution in [0.2, 0.25) is 0 Å². The largest absolute Gasteiger partial charge is 0.481 e. The predicted octanol–water partition coefficient (Wildman–Crippen LogP) is 1.47. The molecule has 0 aliphatic rings. The van der Waals surface area contributed by atoms with Crippen LogP contribution in [0.1, 0.15) is 33.6 Å². The summed E-state index contributed by atoms with van der Waals surface area (Å²) in [6.07, 6.45) is 1.11. The maximum Gasteiger partial charge on any atom is 0.303 e. The second kappa shape index (κ2) is 4.45. The van der Waals surface area contributed by atoms with Crippen molar-refractivity contribution in [3.63, 3.8) is 0 Å². The highest BCUT2D eigenvalue weighted by atomic mass is 16.4. The second-order valence-electron chi connectivity index (χ2n) is 4.28. The minimum Gasteiger partial charge on any atom is -0.481 e. The summed E-state index contributed by atoms with van der Waals surface area (Å²) in [5.41, 5.74) is 5.60. The molecule has 0 aromatic rings. The van der Waals surface area contributed by atoms with Gasteiger partial charge in [-0.05, 0) is 24.3 Å². The molecule has 0 aliphatic carbocycles. The van der Waals surface area contributed by atoms with Crippen molar-refractivity contribution in [3.8, 4) is 0 Å². The van der Waals surface area contributed by atoms with Gasteiger partial charge in [-0.25, -0.2) is 0 Å². The normalized spacial score (nSPS) is 14.3. The molecule has 0 rings (SSSR count). The molecule has 0 saturated carbocycles. The zero-order valence-electron chi connectivity index (χ0n) is 8.13. The van der Waals surface area contributed by atoms with Crippen LogP contribution in [0, 0.1) is 11.3 Å². The fourth-order valence-electron chi connectivity index (χ4n) is 1.40. The van der Waals surface area contributed by atoms with E-state index < -0.39 is 5.97 Å². The van der Waals surface area contributed by atoms with Crippen LogP contribution in [0.5, 0.6) is 0 Å². The van der Waals surface area contributed by atoms with Gasteiger partial charge in [0.25, 0.3) is 0 Å². The molecule has 0 aliphatic heterocycles. The minimum absolute atomic E-state index is 0.0644. The van der Waals surface area contributed by atoms with E-state index in [-0.39, 0.29) is 17.8 Å². The molecule has 0 fully saturated rings. The molecular weight excluding hydrogens is 154 g/mol. The molecule has 3 heteroatoms. The van der Waals surface area contributed by atoms with Crippen molar-refractivity contribution < 1.29 is 9.90 Å². The number of rotatable bonds is 5. The molecule has 0 heterocycles. The Morgan fingerprint density at radius 1 is 1.58 bits per heavy atom. The van der Waals surface area contributed by atoms with E-state index in [2.05, 4.69) is 13.8 Å². The van der Waals surface area contributed by atoms with Gasteiger partial charge in [0.1, 0.15) is 0 Å². The molecule has 0 saturated heterocycles. The van der Waals surface area contributed by atoms with Gasteiger partial charge in [0.15, 0.2) is 0 Å². The van der Waals surface area contributed by atoms with Gasteiger partial charge in [0.2, 0.25) is 0 Å². The van der Waals surface area contributed by atoms with Crippen molar-refractivity contribution in [1.29, 1.82) is 0 Å². The average Bonchev–Trinajstić information content (AvgIpc) is 1.84. The zero-order valence-corrected chi connectivity index (χ0v) is 8.13. The van der Waals surface area contributed by atoms with Crippen LogP contribution in [0.15, 0.2) is 0 Å². The highest BCUT2D eigenvalue weighted by molar-refractivity contribution is 5.66. The van der Waals surface area contributed by atoms with Crippen molar-refractivity contribution in [3.05, 3.63) is 0 Å². The molecule has 0 aromatic carbocycles. The maximum atomic E-state index is 10.4. The van der Waals surface area contributed by atoms with Crippen LogP contribution in [0.3, 0.4) is 0 Å². The van der Waals surface area contributed by atoms with Crippen molar-refractivity contribution >= 4 is 5.97 Å². The van der Waals surface area contributed by atoms with Crippen LogP contribution in [0.25, 0.3) is 0 Å². The topological polar surface area (TPSA) is 63.3 Å². The molecule has 3 nitrogen and oxygen atoms in total. The molecule has 3 N–H and O–H groups in total. The summed E-state index contributed by atoms with van der Waals surface area (Å²) in [6.45, 7) is 6.68. The number of aliphatic carboxylic acids is 1. The van der Waals surface area contributed by atoms with E-state index in [9.17, 15) is 4.79 Å². The van der Waals surface area contributed by atoms with Crippen LogP contribution < -0.4 is 5.73 Å². The molecule has 0 radical (unpaired) electrons. The van der Waals surface area contributed by atoms with Gasteiger partial charge in [-0.15, -0.1) is 0 Å². The number of carboxylic acid groups (broad SMARTS) is 1. The Balaban J connectivity index is 3.83.